The van der Waals surface area contributed by atoms with E-state index in [1.807, 2.05) is 37.3 Å². The molecule has 0 saturated carbocycles. The molecule has 0 aliphatic carbocycles. The molecule has 1 aromatic heterocycles. The number of carbonyl (C=O) groups excluding carboxylic acids is 2. The summed E-state index contributed by atoms with van der Waals surface area (Å²) < 4.78 is 10.2. The van der Waals surface area contributed by atoms with Crippen LogP contribution in [0.3, 0.4) is 0 Å². The number of hydrogen-bond donors (Lipinski definition) is 1. The Bertz CT molecular complexity index is 1070. The minimum atomic E-state index is -0.534. The van der Waals surface area contributed by atoms with E-state index in [4.69, 9.17) is 4.42 Å². The van der Waals surface area contributed by atoms with Crippen molar-refractivity contribution in [1.29, 1.82) is 0 Å². The monoisotopic (exact) mass is 403 g/mol. The summed E-state index contributed by atoms with van der Waals surface area (Å²) in [6, 6.07) is 18.0. The van der Waals surface area contributed by atoms with Crippen molar-refractivity contribution < 1.29 is 18.7 Å². The number of carbonyl (C=O) groups is 2. The van der Waals surface area contributed by atoms with Crippen LogP contribution in [0.25, 0.3) is 0 Å². The summed E-state index contributed by atoms with van der Waals surface area (Å²) in [5.74, 6) is 0.494. The summed E-state index contributed by atoms with van der Waals surface area (Å²) in [5, 5.41) is 8.73. The number of ether oxygens (including phenoxy) is 1. The summed E-state index contributed by atoms with van der Waals surface area (Å²) in [4.78, 5) is 24.5. The zero-order valence-electron chi connectivity index (χ0n) is 16.7. The fourth-order valence-electron chi connectivity index (χ4n) is 3.32. The molecular weight excluding hydrogens is 382 g/mol. The van der Waals surface area contributed by atoms with E-state index in [1.54, 1.807) is 36.6 Å². The Morgan fingerprint density at radius 1 is 1.10 bits per heavy atom. The van der Waals surface area contributed by atoms with Crippen molar-refractivity contribution in [3.8, 4) is 0 Å². The van der Waals surface area contributed by atoms with E-state index in [0.29, 0.717) is 23.4 Å². The first-order valence-corrected chi connectivity index (χ1v) is 9.51. The van der Waals surface area contributed by atoms with Gasteiger partial charge in [-0.2, -0.15) is 5.10 Å². The Hall–Kier alpha value is -3.87. The number of hydrazone groups is 1. The van der Waals surface area contributed by atoms with E-state index in [1.165, 1.54) is 12.1 Å². The van der Waals surface area contributed by atoms with Gasteiger partial charge in [-0.15, -0.1) is 0 Å². The van der Waals surface area contributed by atoms with Gasteiger partial charge in [-0.3, -0.25) is 10.1 Å². The molecule has 4 rings (SSSR count). The lowest BCUT2D eigenvalue weighted by molar-refractivity contribution is 0.0693. The second kappa shape index (κ2) is 8.24. The second-order valence-electron chi connectivity index (χ2n) is 6.99. The van der Waals surface area contributed by atoms with Gasteiger partial charge in [0.15, 0.2) is 0 Å². The first kappa shape index (κ1) is 19.4. The molecule has 2 amide bonds. The van der Waals surface area contributed by atoms with Crippen LogP contribution in [0.4, 0.5) is 10.5 Å². The number of nitrogens with one attached hydrogen (secondary N) is 1. The van der Waals surface area contributed by atoms with Crippen molar-refractivity contribution in [3.05, 3.63) is 89.4 Å². The predicted molar refractivity (Wildman–Crippen MR) is 112 cm³/mol. The zero-order valence-corrected chi connectivity index (χ0v) is 16.7. The highest BCUT2D eigenvalue weighted by Crippen LogP contribution is 2.34. The summed E-state index contributed by atoms with van der Waals surface area (Å²) >= 11 is 0. The molecule has 0 spiro atoms. The Labute approximate surface area is 174 Å². The average Bonchev–Trinajstić information content (AvgIpc) is 3.44. The Morgan fingerprint density at radius 2 is 1.83 bits per heavy atom. The van der Waals surface area contributed by atoms with E-state index in [2.05, 4.69) is 15.2 Å². The number of amides is 2. The highest BCUT2D eigenvalue weighted by Gasteiger charge is 2.35. The van der Waals surface area contributed by atoms with Gasteiger partial charge in [0.05, 0.1) is 19.1 Å². The fraction of sp³-hybridized carbons (Fsp3) is 0.174. The molecule has 2 heterocycles. The highest BCUT2D eigenvalue weighted by atomic mass is 16.5. The highest BCUT2D eigenvalue weighted by molar-refractivity contribution is 6.05. The number of benzene rings is 2. The Morgan fingerprint density at radius 3 is 2.47 bits per heavy atom. The molecule has 3 aromatic rings. The number of furan rings is 1. The molecule has 7 nitrogen and oxygen atoms in total. The van der Waals surface area contributed by atoms with Crippen molar-refractivity contribution in [2.45, 2.75) is 19.4 Å². The maximum Gasteiger partial charge on any atom is 0.411 e. The lowest BCUT2D eigenvalue weighted by Crippen LogP contribution is -2.26. The maximum absolute atomic E-state index is 13.2. The number of anilines is 1. The molecule has 0 saturated heterocycles. The molecule has 1 aliphatic heterocycles. The van der Waals surface area contributed by atoms with Gasteiger partial charge in [-0.1, -0.05) is 29.8 Å². The molecule has 1 atom stereocenters. The predicted octanol–water partition coefficient (Wildman–Crippen LogP) is 4.76. The van der Waals surface area contributed by atoms with Crippen LogP contribution >= 0.6 is 0 Å². The summed E-state index contributed by atoms with van der Waals surface area (Å²) in [5.41, 5.74) is 3.89. The van der Waals surface area contributed by atoms with Crippen molar-refractivity contribution in [1.82, 2.24) is 5.01 Å². The lowest BCUT2D eigenvalue weighted by Gasteiger charge is -2.20. The van der Waals surface area contributed by atoms with Gasteiger partial charge >= 0.3 is 6.09 Å². The maximum atomic E-state index is 13.2. The quantitative estimate of drug-likeness (QED) is 0.681. The summed E-state index contributed by atoms with van der Waals surface area (Å²) in [7, 11) is 1.31. The molecule has 0 radical (unpaired) electrons. The molecule has 1 unspecified atom stereocenters. The van der Waals surface area contributed by atoms with E-state index in [-0.39, 0.29) is 11.9 Å². The van der Waals surface area contributed by atoms with Crippen molar-refractivity contribution in [2.24, 2.45) is 5.10 Å². The standard InChI is InChI=1S/C23H21N3O4/c1-15-5-7-17(8-6-15)22(27)26-20(21-4-3-13-30-21)14-19(25-26)16-9-11-18(12-10-16)24-23(28)29-2/h3-13,20H,14H2,1-2H3,(H,24,28). The summed E-state index contributed by atoms with van der Waals surface area (Å²) in [6.45, 7) is 1.98. The SMILES string of the molecule is COC(=O)Nc1ccc(C2=NN(C(=O)c3ccc(C)cc3)C(c3ccco3)C2)cc1. The van der Waals surface area contributed by atoms with Crippen LogP contribution < -0.4 is 5.32 Å². The van der Waals surface area contributed by atoms with Crippen molar-refractivity contribution >= 4 is 23.4 Å². The molecular formula is C23H21N3O4. The van der Waals surface area contributed by atoms with Crippen molar-refractivity contribution in [3.63, 3.8) is 0 Å². The zero-order chi connectivity index (χ0) is 21.1. The van der Waals surface area contributed by atoms with Gasteiger partial charge in [-0.05, 0) is 48.9 Å². The lowest BCUT2D eigenvalue weighted by atomic mass is 10.0. The molecule has 152 valence electrons. The van der Waals surface area contributed by atoms with Gasteiger partial charge in [0.25, 0.3) is 5.91 Å². The number of aryl methyl sites for hydroxylation is 1. The molecule has 7 heteroatoms. The van der Waals surface area contributed by atoms with Crippen LogP contribution in [-0.4, -0.2) is 29.8 Å². The first-order chi connectivity index (χ1) is 14.5. The fourth-order valence-corrected chi connectivity index (χ4v) is 3.32. The minimum absolute atomic E-state index is 0.185. The number of nitrogens with zero attached hydrogens (tertiary/aromatic N) is 2. The minimum Gasteiger partial charge on any atom is -0.467 e. The van der Waals surface area contributed by atoms with Crippen LogP contribution in [0.5, 0.6) is 0 Å². The van der Waals surface area contributed by atoms with Gasteiger partial charge in [0, 0.05) is 17.7 Å². The largest absolute Gasteiger partial charge is 0.467 e. The first-order valence-electron chi connectivity index (χ1n) is 9.51. The average molecular weight is 403 g/mol. The van der Waals surface area contributed by atoms with Crippen molar-refractivity contribution in [2.75, 3.05) is 12.4 Å². The molecule has 1 aliphatic rings. The Balaban J connectivity index is 1.62. The van der Waals surface area contributed by atoms with Crippen LogP contribution in [0.2, 0.25) is 0 Å². The topological polar surface area (TPSA) is 84.1 Å². The molecule has 0 bridgehead atoms. The molecule has 30 heavy (non-hydrogen) atoms. The third kappa shape index (κ3) is 3.96. The smallest absolute Gasteiger partial charge is 0.411 e. The third-order valence-electron chi connectivity index (χ3n) is 4.94. The molecule has 2 aromatic carbocycles. The van der Waals surface area contributed by atoms with E-state index in [9.17, 15) is 9.59 Å². The molecule has 0 fully saturated rings. The van der Waals surface area contributed by atoms with E-state index >= 15 is 0 Å². The van der Waals surface area contributed by atoms with Gasteiger partial charge in [0.2, 0.25) is 0 Å². The van der Waals surface area contributed by atoms with Gasteiger partial charge in [-0.25, -0.2) is 9.80 Å². The van der Waals surface area contributed by atoms with Crippen LogP contribution in [-0.2, 0) is 4.74 Å². The van der Waals surface area contributed by atoms with E-state index in [0.717, 1.165) is 16.8 Å². The van der Waals surface area contributed by atoms with Crippen LogP contribution in [0.1, 0.15) is 39.7 Å². The number of methoxy groups -OCH3 is 1. The van der Waals surface area contributed by atoms with E-state index < -0.39 is 6.09 Å². The second-order valence-corrected chi connectivity index (χ2v) is 6.99. The number of hydrogen-bond acceptors (Lipinski definition) is 5. The van der Waals surface area contributed by atoms with Gasteiger partial charge in [0.1, 0.15) is 11.8 Å². The summed E-state index contributed by atoms with van der Waals surface area (Å²) in [6.07, 6.45) is 1.58. The van der Waals surface area contributed by atoms with Crippen LogP contribution in [0.15, 0.2) is 76.4 Å². The van der Waals surface area contributed by atoms with Gasteiger partial charge < -0.3 is 9.15 Å². The molecule has 1 N–H and O–H groups in total. The van der Waals surface area contributed by atoms with Crippen LogP contribution in [0, 0.1) is 6.92 Å². The Kier molecular flexibility index (Phi) is 5.34. The normalized spacial score (nSPS) is 15.6. The third-order valence-corrected chi connectivity index (χ3v) is 4.94. The number of rotatable bonds is 4.